The summed E-state index contributed by atoms with van der Waals surface area (Å²) in [5.41, 5.74) is 0.181. The zero-order chi connectivity index (χ0) is 14.0. The number of benzene rings is 1. The number of likely N-dealkylation sites (tertiary alicyclic amines) is 1. The molecule has 3 nitrogen and oxygen atoms in total. The van der Waals surface area contributed by atoms with Gasteiger partial charge in [-0.3, -0.25) is 4.79 Å². The Bertz CT molecular complexity index is 523. The van der Waals surface area contributed by atoms with Crippen molar-refractivity contribution < 1.29 is 4.79 Å². The summed E-state index contributed by atoms with van der Waals surface area (Å²) in [5.74, 6) is -0.0793. The predicted octanol–water partition coefficient (Wildman–Crippen LogP) is 3.76. The third-order valence-corrected chi connectivity index (χ3v) is 3.97. The predicted molar refractivity (Wildman–Crippen MR) is 75.3 cm³/mol. The Morgan fingerprint density at radius 3 is 2.26 bits per heavy atom. The van der Waals surface area contributed by atoms with Crippen molar-refractivity contribution >= 4 is 29.1 Å². The van der Waals surface area contributed by atoms with E-state index < -0.39 is 0 Å². The van der Waals surface area contributed by atoms with E-state index in [9.17, 15) is 4.79 Å². The Hall–Kier alpha value is -1.24. The number of hydrogen-bond acceptors (Lipinski definition) is 2. The highest BCUT2D eigenvalue weighted by Gasteiger charge is 2.32. The summed E-state index contributed by atoms with van der Waals surface area (Å²) in [6.07, 6.45) is 1.40. The van der Waals surface area contributed by atoms with Gasteiger partial charge >= 0.3 is 0 Å². The molecule has 1 saturated heterocycles. The van der Waals surface area contributed by atoms with Crippen molar-refractivity contribution in [2.75, 3.05) is 13.1 Å². The molecule has 0 spiro atoms. The van der Waals surface area contributed by atoms with Gasteiger partial charge in [0, 0.05) is 28.7 Å². The maximum Gasteiger partial charge on any atom is 0.253 e. The van der Waals surface area contributed by atoms with Crippen molar-refractivity contribution in [2.45, 2.75) is 19.8 Å². The molecule has 5 heteroatoms. The molecule has 1 amide bonds. The van der Waals surface area contributed by atoms with E-state index in [0.717, 1.165) is 0 Å². The molecule has 0 aliphatic carbocycles. The number of halogens is 2. The molecule has 2 rings (SSSR count). The van der Waals surface area contributed by atoms with E-state index in [0.29, 0.717) is 41.5 Å². The number of hydrogen-bond donors (Lipinski definition) is 0. The number of rotatable bonds is 1. The molecule has 0 atom stereocenters. The summed E-state index contributed by atoms with van der Waals surface area (Å²) >= 11 is 11.8. The van der Waals surface area contributed by atoms with E-state index >= 15 is 0 Å². The van der Waals surface area contributed by atoms with Crippen LogP contribution in [0.1, 0.15) is 30.1 Å². The topological polar surface area (TPSA) is 44.1 Å². The van der Waals surface area contributed by atoms with Crippen molar-refractivity contribution in [1.82, 2.24) is 4.90 Å². The molecule has 1 fully saturated rings. The van der Waals surface area contributed by atoms with Gasteiger partial charge in [-0.1, -0.05) is 23.2 Å². The number of piperidine rings is 1. The Morgan fingerprint density at radius 1 is 1.26 bits per heavy atom. The molecular formula is C14H14Cl2N2O. The van der Waals surface area contributed by atoms with Gasteiger partial charge in [-0.15, -0.1) is 0 Å². The average Bonchev–Trinajstić information content (AvgIpc) is 2.38. The fourth-order valence-electron chi connectivity index (χ4n) is 2.18. The summed E-state index contributed by atoms with van der Waals surface area (Å²) in [5, 5.41) is 9.98. The molecule has 1 aromatic carbocycles. The van der Waals surface area contributed by atoms with Crippen molar-refractivity contribution in [3.05, 3.63) is 33.8 Å². The minimum absolute atomic E-state index is 0.0793. The number of nitriles is 1. The van der Waals surface area contributed by atoms with Crippen LogP contribution in [0.15, 0.2) is 18.2 Å². The monoisotopic (exact) mass is 296 g/mol. The Labute approximate surface area is 122 Å². The zero-order valence-electron chi connectivity index (χ0n) is 10.6. The molecule has 1 aliphatic rings. The fourth-order valence-corrected chi connectivity index (χ4v) is 2.70. The van der Waals surface area contributed by atoms with Crippen LogP contribution in [0, 0.1) is 16.7 Å². The molecule has 0 N–H and O–H groups in total. The van der Waals surface area contributed by atoms with E-state index in [2.05, 4.69) is 6.07 Å². The number of amides is 1. The molecule has 1 aliphatic heterocycles. The minimum Gasteiger partial charge on any atom is -0.339 e. The second kappa shape index (κ2) is 5.40. The maximum atomic E-state index is 12.3. The van der Waals surface area contributed by atoms with Gasteiger partial charge in [-0.05, 0) is 38.0 Å². The van der Waals surface area contributed by atoms with Crippen molar-refractivity contribution in [2.24, 2.45) is 5.41 Å². The lowest BCUT2D eigenvalue weighted by Crippen LogP contribution is -2.41. The Balaban J connectivity index is 2.12. The number of carbonyl (C=O) groups is 1. The molecule has 1 aromatic rings. The SMILES string of the molecule is CC1(C#N)CCN(C(=O)c2cc(Cl)cc(Cl)c2)CC1. The Morgan fingerprint density at radius 2 is 1.79 bits per heavy atom. The maximum absolute atomic E-state index is 12.3. The van der Waals surface area contributed by atoms with E-state index in [1.54, 1.807) is 23.1 Å². The van der Waals surface area contributed by atoms with Gasteiger partial charge in [0.25, 0.3) is 5.91 Å². The smallest absolute Gasteiger partial charge is 0.253 e. The highest BCUT2D eigenvalue weighted by molar-refractivity contribution is 6.35. The molecule has 0 radical (unpaired) electrons. The third-order valence-electron chi connectivity index (χ3n) is 3.53. The van der Waals surface area contributed by atoms with Gasteiger partial charge in [0.2, 0.25) is 0 Å². The first kappa shape index (κ1) is 14.2. The second-order valence-corrected chi connectivity index (χ2v) is 6.00. The first-order chi connectivity index (χ1) is 8.93. The quantitative estimate of drug-likeness (QED) is 0.792. The van der Waals surface area contributed by atoms with E-state index in [4.69, 9.17) is 28.5 Å². The fraction of sp³-hybridized carbons (Fsp3) is 0.429. The lowest BCUT2D eigenvalue weighted by Gasteiger charge is -2.35. The van der Waals surface area contributed by atoms with Gasteiger partial charge in [-0.25, -0.2) is 0 Å². The first-order valence-electron chi connectivity index (χ1n) is 6.10. The first-order valence-corrected chi connectivity index (χ1v) is 6.86. The highest BCUT2D eigenvalue weighted by Crippen LogP contribution is 2.30. The average molecular weight is 297 g/mol. The highest BCUT2D eigenvalue weighted by atomic mass is 35.5. The van der Waals surface area contributed by atoms with Crippen LogP contribution in [0.2, 0.25) is 10.0 Å². The van der Waals surface area contributed by atoms with Crippen LogP contribution >= 0.6 is 23.2 Å². The second-order valence-electron chi connectivity index (χ2n) is 5.12. The molecular weight excluding hydrogens is 283 g/mol. The van der Waals surface area contributed by atoms with Crippen LogP contribution in [0.4, 0.5) is 0 Å². The van der Waals surface area contributed by atoms with Crippen LogP contribution in [0.3, 0.4) is 0 Å². The van der Waals surface area contributed by atoms with E-state index in [-0.39, 0.29) is 11.3 Å². The lowest BCUT2D eigenvalue weighted by atomic mass is 9.82. The molecule has 1 heterocycles. The molecule has 0 aromatic heterocycles. The van der Waals surface area contributed by atoms with Crippen molar-refractivity contribution in [3.8, 4) is 6.07 Å². The third kappa shape index (κ3) is 3.20. The van der Waals surface area contributed by atoms with Crippen LogP contribution < -0.4 is 0 Å². The van der Waals surface area contributed by atoms with Gasteiger partial charge in [-0.2, -0.15) is 5.26 Å². The molecule has 0 saturated carbocycles. The normalized spacial score (nSPS) is 17.9. The summed E-state index contributed by atoms with van der Waals surface area (Å²) in [4.78, 5) is 14.1. The summed E-state index contributed by atoms with van der Waals surface area (Å²) in [6.45, 7) is 3.12. The van der Waals surface area contributed by atoms with Crippen LogP contribution in [0.25, 0.3) is 0 Å². The summed E-state index contributed by atoms with van der Waals surface area (Å²) in [6, 6.07) is 7.16. The number of carbonyl (C=O) groups excluding carboxylic acids is 1. The molecule has 100 valence electrons. The Kier molecular flexibility index (Phi) is 4.03. The van der Waals surface area contributed by atoms with Crippen LogP contribution in [0.5, 0.6) is 0 Å². The molecule has 0 bridgehead atoms. The zero-order valence-corrected chi connectivity index (χ0v) is 12.1. The minimum atomic E-state index is -0.317. The number of nitrogens with zero attached hydrogens (tertiary/aromatic N) is 2. The van der Waals surface area contributed by atoms with Gasteiger partial charge < -0.3 is 4.90 Å². The van der Waals surface area contributed by atoms with Gasteiger partial charge in [0.15, 0.2) is 0 Å². The lowest BCUT2D eigenvalue weighted by molar-refractivity contribution is 0.0661. The van der Waals surface area contributed by atoms with Gasteiger partial charge in [0.1, 0.15) is 0 Å². The van der Waals surface area contributed by atoms with Crippen molar-refractivity contribution in [1.29, 1.82) is 5.26 Å². The van der Waals surface area contributed by atoms with E-state index in [1.165, 1.54) is 0 Å². The van der Waals surface area contributed by atoms with Crippen LogP contribution in [-0.2, 0) is 0 Å². The summed E-state index contributed by atoms with van der Waals surface area (Å²) < 4.78 is 0. The molecule has 19 heavy (non-hydrogen) atoms. The summed E-state index contributed by atoms with van der Waals surface area (Å²) in [7, 11) is 0. The van der Waals surface area contributed by atoms with Crippen molar-refractivity contribution in [3.63, 3.8) is 0 Å². The van der Waals surface area contributed by atoms with Gasteiger partial charge in [0.05, 0.1) is 11.5 Å². The molecule has 0 unspecified atom stereocenters. The van der Waals surface area contributed by atoms with Crippen LogP contribution in [-0.4, -0.2) is 23.9 Å². The largest absolute Gasteiger partial charge is 0.339 e. The van der Waals surface area contributed by atoms with E-state index in [1.807, 2.05) is 6.92 Å². The standard InChI is InChI=1S/C14H14Cl2N2O/c1-14(9-17)2-4-18(5-3-14)13(19)10-6-11(15)8-12(16)7-10/h6-8H,2-5H2,1H3.